The molecule has 2 heterocycles. The summed E-state index contributed by atoms with van der Waals surface area (Å²) in [4.78, 5) is 20.4. The van der Waals surface area contributed by atoms with E-state index in [-0.39, 0.29) is 6.03 Å². The van der Waals surface area contributed by atoms with Gasteiger partial charge >= 0.3 is 6.03 Å². The third-order valence-corrected chi connectivity index (χ3v) is 5.84. The van der Waals surface area contributed by atoms with Gasteiger partial charge in [0.25, 0.3) is 0 Å². The molecular weight excluding hydrogens is 374 g/mol. The molecule has 0 radical (unpaired) electrons. The van der Waals surface area contributed by atoms with Crippen molar-refractivity contribution in [3.8, 4) is 22.1 Å². The summed E-state index contributed by atoms with van der Waals surface area (Å²) >= 11 is 1.64. The van der Waals surface area contributed by atoms with E-state index in [0.29, 0.717) is 24.5 Å². The highest BCUT2D eigenvalue weighted by molar-refractivity contribution is 7.15. The van der Waals surface area contributed by atoms with E-state index in [4.69, 9.17) is 14.5 Å². The van der Waals surface area contributed by atoms with Crippen LogP contribution >= 0.6 is 11.3 Å². The Labute approximate surface area is 167 Å². The summed E-state index contributed by atoms with van der Waals surface area (Å²) in [5.41, 5.74) is 2.81. The number of thiazole rings is 1. The number of para-hydroxylation sites is 2. The average Bonchev–Trinajstić information content (AvgIpc) is 3.17. The van der Waals surface area contributed by atoms with Gasteiger partial charge in [0.05, 0.1) is 32.1 Å². The zero-order valence-corrected chi connectivity index (χ0v) is 16.6. The van der Waals surface area contributed by atoms with Crippen LogP contribution in [0.3, 0.4) is 0 Å². The summed E-state index contributed by atoms with van der Waals surface area (Å²) in [5, 5.41) is 3.92. The van der Waals surface area contributed by atoms with E-state index in [1.807, 2.05) is 53.4 Å². The summed E-state index contributed by atoms with van der Waals surface area (Å²) in [6, 6.07) is 15.2. The fourth-order valence-corrected chi connectivity index (χ4v) is 4.30. The number of hydrogen-bond acceptors (Lipinski definition) is 5. The van der Waals surface area contributed by atoms with E-state index < -0.39 is 0 Å². The Balaban J connectivity index is 1.48. The number of benzene rings is 2. The Morgan fingerprint density at radius 1 is 1.11 bits per heavy atom. The molecule has 1 aliphatic rings. The number of hydrogen-bond donors (Lipinski definition) is 1. The van der Waals surface area contributed by atoms with Crippen LogP contribution < -0.4 is 14.8 Å². The molecule has 1 aromatic heterocycles. The number of fused-ring (bicyclic) bond motifs is 1. The van der Waals surface area contributed by atoms with Gasteiger partial charge in [0.15, 0.2) is 0 Å². The van der Waals surface area contributed by atoms with Crippen LogP contribution in [0.1, 0.15) is 10.6 Å². The molecule has 1 N–H and O–H groups in total. The molecule has 4 rings (SSSR count). The first kappa shape index (κ1) is 18.3. The van der Waals surface area contributed by atoms with Gasteiger partial charge in [0.1, 0.15) is 16.5 Å². The number of rotatable bonds is 4. The highest BCUT2D eigenvalue weighted by Crippen LogP contribution is 2.33. The zero-order valence-electron chi connectivity index (χ0n) is 15.8. The van der Waals surface area contributed by atoms with Crippen molar-refractivity contribution in [1.82, 2.24) is 9.88 Å². The number of aromatic nitrogens is 1. The Morgan fingerprint density at radius 3 is 2.64 bits per heavy atom. The van der Waals surface area contributed by atoms with E-state index in [1.165, 1.54) is 0 Å². The van der Waals surface area contributed by atoms with E-state index >= 15 is 0 Å². The Bertz CT molecular complexity index is 985. The van der Waals surface area contributed by atoms with Crippen LogP contribution in [-0.2, 0) is 13.0 Å². The minimum absolute atomic E-state index is 0.130. The maximum Gasteiger partial charge on any atom is 0.322 e. The van der Waals surface area contributed by atoms with Crippen molar-refractivity contribution in [3.05, 3.63) is 59.1 Å². The smallest absolute Gasteiger partial charge is 0.322 e. The average molecular weight is 395 g/mol. The number of nitrogens with zero attached hydrogens (tertiary/aromatic N) is 2. The maximum atomic E-state index is 12.7. The lowest BCUT2D eigenvalue weighted by atomic mass is 10.2. The highest BCUT2D eigenvalue weighted by atomic mass is 32.1. The van der Waals surface area contributed by atoms with Crippen LogP contribution in [-0.4, -0.2) is 36.7 Å². The molecule has 0 spiro atoms. The van der Waals surface area contributed by atoms with Gasteiger partial charge in [-0.25, -0.2) is 9.78 Å². The van der Waals surface area contributed by atoms with Crippen molar-refractivity contribution in [3.63, 3.8) is 0 Å². The first-order valence-corrected chi connectivity index (χ1v) is 9.81. The summed E-state index contributed by atoms with van der Waals surface area (Å²) in [6.45, 7) is 1.20. The van der Waals surface area contributed by atoms with Crippen LogP contribution in [0.25, 0.3) is 10.6 Å². The molecule has 2 aromatic carbocycles. The number of ether oxygens (including phenoxy) is 2. The lowest BCUT2D eigenvalue weighted by Gasteiger charge is -2.26. The molecule has 0 unspecified atom stereocenters. The molecule has 1 aliphatic heterocycles. The molecule has 0 atom stereocenters. The Morgan fingerprint density at radius 2 is 1.89 bits per heavy atom. The standard InChI is InChI=1S/C21H21N3O3S/c1-26-15-9-7-14(8-10-15)20-22-17-11-12-24(13-19(17)28-20)21(25)23-16-5-3-4-6-18(16)27-2/h3-10H,11-13H2,1-2H3,(H,23,25). The number of methoxy groups -OCH3 is 2. The maximum absolute atomic E-state index is 12.7. The largest absolute Gasteiger partial charge is 0.497 e. The molecule has 0 saturated heterocycles. The summed E-state index contributed by atoms with van der Waals surface area (Å²) in [5.74, 6) is 1.47. The first-order valence-electron chi connectivity index (χ1n) is 9.00. The molecule has 0 fully saturated rings. The molecule has 28 heavy (non-hydrogen) atoms. The molecule has 0 aliphatic carbocycles. The normalized spacial score (nSPS) is 13.0. The second-order valence-corrected chi connectivity index (χ2v) is 7.50. The molecule has 3 aromatic rings. The van der Waals surface area contributed by atoms with Crippen LogP contribution in [0, 0.1) is 0 Å². The van der Waals surface area contributed by atoms with Crippen molar-refractivity contribution in [1.29, 1.82) is 0 Å². The van der Waals surface area contributed by atoms with Crippen molar-refractivity contribution >= 4 is 23.1 Å². The lowest BCUT2D eigenvalue weighted by molar-refractivity contribution is 0.206. The third kappa shape index (κ3) is 3.66. The number of anilines is 1. The highest BCUT2D eigenvalue weighted by Gasteiger charge is 2.25. The second-order valence-electron chi connectivity index (χ2n) is 6.42. The molecule has 7 heteroatoms. The number of urea groups is 1. The number of amides is 2. The van der Waals surface area contributed by atoms with Crippen molar-refractivity contribution in [2.75, 3.05) is 26.1 Å². The molecule has 0 bridgehead atoms. The SMILES string of the molecule is COc1ccc(-c2nc3c(s2)CN(C(=O)Nc2ccccc2OC)CC3)cc1. The van der Waals surface area contributed by atoms with Gasteiger partial charge in [-0.1, -0.05) is 12.1 Å². The monoisotopic (exact) mass is 395 g/mol. The van der Waals surface area contributed by atoms with Gasteiger partial charge in [0, 0.05) is 23.4 Å². The Kier molecular flexibility index (Phi) is 5.16. The van der Waals surface area contributed by atoms with E-state index in [0.717, 1.165) is 33.3 Å². The van der Waals surface area contributed by atoms with Gasteiger partial charge in [-0.15, -0.1) is 11.3 Å². The van der Waals surface area contributed by atoms with Crippen LogP contribution in [0.4, 0.5) is 10.5 Å². The van der Waals surface area contributed by atoms with E-state index in [1.54, 1.807) is 25.6 Å². The van der Waals surface area contributed by atoms with Crippen LogP contribution in [0.15, 0.2) is 48.5 Å². The summed E-state index contributed by atoms with van der Waals surface area (Å²) < 4.78 is 10.5. The predicted octanol–water partition coefficient (Wildman–Crippen LogP) is 4.42. The minimum Gasteiger partial charge on any atom is -0.497 e. The van der Waals surface area contributed by atoms with Gasteiger partial charge in [-0.3, -0.25) is 0 Å². The molecule has 6 nitrogen and oxygen atoms in total. The lowest BCUT2D eigenvalue weighted by Crippen LogP contribution is -2.38. The number of nitrogens with one attached hydrogen (secondary N) is 1. The fraction of sp³-hybridized carbons (Fsp3) is 0.238. The molecule has 2 amide bonds. The van der Waals surface area contributed by atoms with Crippen LogP contribution in [0.2, 0.25) is 0 Å². The summed E-state index contributed by atoms with van der Waals surface area (Å²) in [7, 11) is 3.25. The third-order valence-electron chi connectivity index (χ3n) is 4.70. The quantitative estimate of drug-likeness (QED) is 0.710. The zero-order chi connectivity index (χ0) is 19.5. The topological polar surface area (TPSA) is 63.7 Å². The number of carbonyl (C=O) groups excluding carboxylic acids is 1. The Hall–Kier alpha value is -3.06. The minimum atomic E-state index is -0.130. The fourth-order valence-electron chi connectivity index (χ4n) is 3.17. The van der Waals surface area contributed by atoms with Gasteiger partial charge in [-0.05, 0) is 36.4 Å². The van der Waals surface area contributed by atoms with Crippen molar-refractivity contribution in [2.45, 2.75) is 13.0 Å². The first-order chi connectivity index (χ1) is 13.7. The molecule has 144 valence electrons. The van der Waals surface area contributed by atoms with Gasteiger partial charge < -0.3 is 19.7 Å². The van der Waals surface area contributed by atoms with Gasteiger partial charge in [0.2, 0.25) is 0 Å². The number of carbonyl (C=O) groups is 1. The van der Waals surface area contributed by atoms with Crippen molar-refractivity contribution in [2.24, 2.45) is 0 Å². The van der Waals surface area contributed by atoms with Crippen LogP contribution in [0.5, 0.6) is 11.5 Å². The van der Waals surface area contributed by atoms with Gasteiger partial charge in [-0.2, -0.15) is 0 Å². The van der Waals surface area contributed by atoms with E-state index in [9.17, 15) is 4.79 Å². The van der Waals surface area contributed by atoms with E-state index in [2.05, 4.69) is 5.32 Å². The van der Waals surface area contributed by atoms with Crippen molar-refractivity contribution < 1.29 is 14.3 Å². The molecular formula is C21H21N3O3S. The summed E-state index contributed by atoms with van der Waals surface area (Å²) in [6.07, 6.45) is 0.751. The predicted molar refractivity (Wildman–Crippen MR) is 110 cm³/mol. The second kappa shape index (κ2) is 7.90. The molecule has 0 saturated carbocycles.